The smallest absolute Gasteiger partial charge is 0.244 e. The minimum atomic E-state index is -0.0306. The number of piperidine rings is 1. The predicted octanol–water partition coefficient (Wildman–Crippen LogP) is 2.73. The first-order chi connectivity index (χ1) is 13.1. The molecule has 3 rings (SSSR count). The molecule has 2 aromatic carbocycles. The van der Waals surface area contributed by atoms with Crippen molar-refractivity contribution in [3.63, 3.8) is 0 Å². The number of carbonyl (C=O) groups excluding carboxylic acids is 1. The maximum atomic E-state index is 12.2. The van der Waals surface area contributed by atoms with Gasteiger partial charge in [0.05, 0.1) is 20.2 Å². The molecular weight excluding hydrogens is 360 g/mol. The molecule has 0 bridgehead atoms. The zero-order valence-corrected chi connectivity index (χ0v) is 16.3. The Hall–Kier alpha value is -2.30. The Bertz CT molecular complexity index is 764. The van der Waals surface area contributed by atoms with Crippen molar-refractivity contribution in [2.45, 2.75) is 25.4 Å². The van der Waals surface area contributed by atoms with E-state index >= 15 is 0 Å². The molecule has 4 nitrogen and oxygen atoms in total. The van der Waals surface area contributed by atoms with Crippen LogP contribution in [0.1, 0.15) is 24.0 Å². The van der Waals surface area contributed by atoms with E-state index in [9.17, 15) is 4.79 Å². The Morgan fingerprint density at radius 1 is 1.15 bits per heavy atom. The molecular formula is C22H26ClN2O2+. The summed E-state index contributed by atoms with van der Waals surface area (Å²) >= 11 is 5.94. The van der Waals surface area contributed by atoms with Gasteiger partial charge in [-0.25, -0.2) is 0 Å². The van der Waals surface area contributed by atoms with Crippen LogP contribution in [0.2, 0.25) is 5.02 Å². The Labute approximate surface area is 165 Å². The van der Waals surface area contributed by atoms with Crippen molar-refractivity contribution >= 4 is 23.6 Å². The molecule has 0 radical (unpaired) electrons. The van der Waals surface area contributed by atoms with Crippen molar-refractivity contribution in [2.75, 3.05) is 20.2 Å². The van der Waals surface area contributed by atoms with E-state index in [1.165, 1.54) is 5.56 Å². The molecule has 1 aliphatic heterocycles. The zero-order valence-electron chi connectivity index (χ0n) is 15.6. The molecule has 2 N–H and O–H groups in total. The molecule has 0 spiro atoms. The highest BCUT2D eigenvalue weighted by Gasteiger charge is 2.22. The van der Waals surface area contributed by atoms with Crippen LogP contribution in [-0.2, 0) is 11.3 Å². The van der Waals surface area contributed by atoms with E-state index in [1.807, 2.05) is 42.5 Å². The fourth-order valence-electron chi connectivity index (χ4n) is 3.37. The molecule has 27 heavy (non-hydrogen) atoms. The molecule has 5 heteroatoms. The number of benzene rings is 2. The first-order valence-electron chi connectivity index (χ1n) is 9.33. The molecule has 1 heterocycles. The molecule has 0 atom stereocenters. The molecule has 0 unspecified atom stereocenters. The number of carbonyl (C=O) groups is 1. The average Bonchev–Trinajstić information content (AvgIpc) is 2.70. The summed E-state index contributed by atoms with van der Waals surface area (Å²) in [5.41, 5.74) is 2.28. The van der Waals surface area contributed by atoms with Gasteiger partial charge in [-0.3, -0.25) is 4.79 Å². The Morgan fingerprint density at radius 2 is 1.81 bits per heavy atom. The largest absolute Gasteiger partial charge is 0.497 e. The second kappa shape index (κ2) is 9.58. The normalized spacial score (nSPS) is 19.8. The number of amides is 1. The van der Waals surface area contributed by atoms with E-state index in [2.05, 4.69) is 17.4 Å². The van der Waals surface area contributed by atoms with Gasteiger partial charge in [0.15, 0.2) is 0 Å². The average molecular weight is 386 g/mol. The number of hydrogen-bond donors (Lipinski definition) is 2. The maximum absolute atomic E-state index is 12.2. The zero-order chi connectivity index (χ0) is 19.1. The molecule has 0 aromatic heterocycles. The number of hydrogen-bond acceptors (Lipinski definition) is 2. The van der Waals surface area contributed by atoms with Gasteiger partial charge in [-0.1, -0.05) is 35.9 Å². The molecule has 0 saturated carbocycles. The van der Waals surface area contributed by atoms with Gasteiger partial charge in [0.25, 0.3) is 0 Å². The number of ether oxygens (including phenoxy) is 1. The van der Waals surface area contributed by atoms with E-state index < -0.39 is 0 Å². The van der Waals surface area contributed by atoms with Crippen LogP contribution < -0.4 is 15.0 Å². The van der Waals surface area contributed by atoms with Crippen LogP contribution >= 0.6 is 11.6 Å². The van der Waals surface area contributed by atoms with Gasteiger partial charge in [0.1, 0.15) is 12.3 Å². The van der Waals surface area contributed by atoms with Crippen molar-refractivity contribution in [2.24, 2.45) is 0 Å². The molecule has 142 valence electrons. The van der Waals surface area contributed by atoms with Crippen LogP contribution in [0.15, 0.2) is 54.6 Å². The highest BCUT2D eigenvalue weighted by atomic mass is 35.5. The highest BCUT2D eigenvalue weighted by Crippen LogP contribution is 2.12. The van der Waals surface area contributed by atoms with E-state index in [1.54, 1.807) is 18.1 Å². The summed E-state index contributed by atoms with van der Waals surface area (Å²) in [4.78, 5) is 13.7. The lowest BCUT2D eigenvalue weighted by Gasteiger charge is -2.29. The summed E-state index contributed by atoms with van der Waals surface area (Å²) in [5.74, 6) is 0.779. The minimum Gasteiger partial charge on any atom is -0.497 e. The SMILES string of the molecule is COc1ccc(/C=C/C(=O)NC2CC[NH+](Cc3ccc(Cl)cc3)CC2)cc1. The Morgan fingerprint density at radius 3 is 2.44 bits per heavy atom. The topological polar surface area (TPSA) is 42.8 Å². The van der Waals surface area contributed by atoms with E-state index in [-0.39, 0.29) is 11.9 Å². The number of quaternary nitrogens is 1. The van der Waals surface area contributed by atoms with Gasteiger partial charge in [-0.05, 0) is 35.9 Å². The number of methoxy groups -OCH3 is 1. The molecule has 0 aliphatic carbocycles. The fourth-order valence-corrected chi connectivity index (χ4v) is 3.50. The summed E-state index contributed by atoms with van der Waals surface area (Å²) < 4.78 is 5.14. The summed E-state index contributed by atoms with van der Waals surface area (Å²) in [5, 5.41) is 3.90. The Kier molecular flexibility index (Phi) is 6.91. The van der Waals surface area contributed by atoms with Crippen molar-refractivity contribution in [1.29, 1.82) is 0 Å². The molecule has 1 fully saturated rings. The van der Waals surface area contributed by atoms with E-state index in [0.29, 0.717) is 0 Å². The van der Waals surface area contributed by atoms with Gasteiger partial charge < -0.3 is 15.0 Å². The lowest BCUT2D eigenvalue weighted by molar-refractivity contribution is -0.918. The quantitative estimate of drug-likeness (QED) is 0.751. The van der Waals surface area contributed by atoms with Gasteiger partial charge in [0.2, 0.25) is 5.91 Å². The fraction of sp³-hybridized carbons (Fsp3) is 0.318. The molecule has 2 aromatic rings. The van der Waals surface area contributed by atoms with Crippen LogP contribution in [0.3, 0.4) is 0 Å². The second-order valence-corrected chi connectivity index (χ2v) is 7.38. The molecule has 1 amide bonds. The van der Waals surface area contributed by atoms with Gasteiger partial charge in [-0.2, -0.15) is 0 Å². The van der Waals surface area contributed by atoms with Crippen LogP contribution in [-0.4, -0.2) is 32.1 Å². The summed E-state index contributed by atoms with van der Waals surface area (Å²) in [7, 11) is 1.64. The van der Waals surface area contributed by atoms with Crippen LogP contribution in [0.5, 0.6) is 5.75 Å². The summed E-state index contributed by atoms with van der Waals surface area (Å²) in [6, 6.07) is 16.0. The van der Waals surface area contributed by atoms with Gasteiger partial charge in [0, 0.05) is 35.5 Å². The third kappa shape index (κ3) is 6.12. The van der Waals surface area contributed by atoms with Gasteiger partial charge >= 0.3 is 0 Å². The van der Waals surface area contributed by atoms with Crippen molar-refractivity contribution in [1.82, 2.24) is 5.32 Å². The number of halogens is 1. The van der Waals surface area contributed by atoms with Crippen LogP contribution in [0, 0.1) is 0 Å². The van der Waals surface area contributed by atoms with Crippen molar-refractivity contribution < 1.29 is 14.4 Å². The summed E-state index contributed by atoms with van der Waals surface area (Å²) in [6.45, 7) is 3.14. The highest BCUT2D eigenvalue weighted by molar-refractivity contribution is 6.30. The first kappa shape index (κ1) is 19.5. The summed E-state index contributed by atoms with van der Waals surface area (Å²) in [6.07, 6.45) is 5.44. The van der Waals surface area contributed by atoms with E-state index in [0.717, 1.165) is 48.8 Å². The Balaban J connectivity index is 1.42. The number of rotatable bonds is 6. The molecule has 1 aliphatic rings. The van der Waals surface area contributed by atoms with Gasteiger partial charge in [-0.15, -0.1) is 0 Å². The predicted molar refractivity (Wildman–Crippen MR) is 109 cm³/mol. The monoisotopic (exact) mass is 385 g/mol. The minimum absolute atomic E-state index is 0.0306. The standard InChI is InChI=1S/C22H25ClN2O2/c1-27-21-9-4-17(5-10-21)6-11-22(26)24-20-12-14-25(15-13-20)16-18-2-7-19(23)8-3-18/h2-11,20H,12-16H2,1H3,(H,24,26)/p+1/b11-6+. The van der Waals surface area contributed by atoms with Crippen molar-refractivity contribution in [3.05, 3.63) is 70.8 Å². The lowest BCUT2D eigenvalue weighted by atomic mass is 10.0. The third-order valence-electron chi connectivity index (χ3n) is 4.95. The second-order valence-electron chi connectivity index (χ2n) is 6.94. The lowest BCUT2D eigenvalue weighted by Crippen LogP contribution is -3.12. The van der Waals surface area contributed by atoms with Crippen LogP contribution in [0.25, 0.3) is 6.08 Å². The van der Waals surface area contributed by atoms with Crippen LogP contribution in [0.4, 0.5) is 0 Å². The third-order valence-corrected chi connectivity index (χ3v) is 5.20. The number of nitrogens with one attached hydrogen (secondary N) is 2. The number of likely N-dealkylation sites (tertiary alicyclic amines) is 1. The van der Waals surface area contributed by atoms with Crippen molar-refractivity contribution in [3.8, 4) is 5.75 Å². The maximum Gasteiger partial charge on any atom is 0.244 e. The first-order valence-corrected chi connectivity index (χ1v) is 9.71. The molecule has 1 saturated heterocycles. The van der Waals surface area contributed by atoms with E-state index in [4.69, 9.17) is 16.3 Å².